The van der Waals surface area contributed by atoms with Gasteiger partial charge in [0.05, 0.1) is 13.2 Å². The first kappa shape index (κ1) is 18.1. The maximum absolute atomic E-state index is 12.3. The Balaban J connectivity index is 2.60. The van der Waals surface area contributed by atoms with Crippen LogP contribution in [0, 0.1) is 0 Å². The SMILES string of the molecule is CCN(CC)C(=O)c1cccc(NC(=O)CNCCOC)c1. The van der Waals surface area contributed by atoms with Crippen molar-refractivity contribution in [2.45, 2.75) is 13.8 Å². The molecule has 2 N–H and O–H groups in total. The van der Waals surface area contributed by atoms with Gasteiger partial charge in [-0.25, -0.2) is 0 Å². The first-order valence-electron chi connectivity index (χ1n) is 7.51. The summed E-state index contributed by atoms with van der Waals surface area (Å²) in [4.78, 5) is 25.8. The van der Waals surface area contributed by atoms with Crippen molar-refractivity contribution >= 4 is 17.5 Å². The number of hydrogen-bond acceptors (Lipinski definition) is 4. The van der Waals surface area contributed by atoms with Crippen molar-refractivity contribution in [1.82, 2.24) is 10.2 Å². The van der Waals surface area contributed by atoms with Crippen LogP contribution >= 0.6 is 0 Å². The molecule has 0 heterocycles. The molecule has 1 aromatic carbocycles. The van der Waals surface area contributed by atoms with Gasteiger partial charge in [0.1, 0.15) is 0 Å². The molecule has 0 spiro atoms. The van der Waals surface area contributed by atoms with Crippen LogP contribution in [-0.2, 0) is 9.53 Å². The van der Waals surface area contributed by atoms with E-state index in [0.717, 1.165) is 0 Å². The number of nitrogens with one attached hydrogen (secondary N) is 2. The van der Waals surface area contributed by atoms with E-state index < -0.39 is 0 Å². The molecule has 0 aromatic heterocycles. The molecule has 0 aliphatic carbocycles. The van der Waals surface area contributed by atoms with Crippen LogP contribution in [0.2, 0.25) is 0 Å². The fourth-order valence-electron chi connectivity index (χ4n) is 2.00. The lowest BCUT2D eigenvalue weighted by Gasteiger charge is -2.19. The first-order valence-corrected chi connectivity index (χ1v) is 7.51. The van der Waals surface area contributed by atoms with Gasteiger partial charge < -0.3 is 20.3 Å². The molecule has 0 unspecified atom stereocenters. The number of methoxy groups -OCH3 is 1. The minimum absolute atomic E-state index is 0.0284. The van der Waals surface area contributed by atoms with E-state index in [1.807, 2.05) is 13.8 Å². The molecule has 22 heavy (non-hydrogen) atoms. The average molecular weight is 307 g/mol. The van der Waals surface area contributed by atoms with Gasteiger partial charge in [0.2, 0.25) is 5.91 Å². The number of hydrogen-bond donors (Lipinski definition) is 2. The highest BCUT2D eigenvalue weighted by atomic mass is 16.5. The number of ether oxygens (including phenoxy) is 1. The molecule has 0 radical (unpaired) electrons. The van der Waals surface area contributed by atoms with Crippen LogP contribution in [0.25, 0.3) is 0 Å². The van der Waals surface area contributed by atoms with Crippen molar-refractivity contribution in [3.05, 3.63) is 29.8 Å². The number of carbonyl (C=O) groups excluding carboxylic acids is 2. The molecule has 0 saturated heterocycles. The second-order valence-corrected chi connectivity index (χ2v) is 4.78. The summed E-state index contributed by atoms with van der Waals surface area (Å²) in [6, 6.07) is 7.00. The fraction of sp³-hybridized carbons (Fsp3) is 0.500. The van der Waals surface area contributed by atoms with E-state index in [-0.39, 0.29) is 18.4 Å². The second-order valence-electron chi connectivity index (χ2n) is 4.78. The third-order valence-electron chi connectivity index (χ3n) is 3.21. The predicted molar refractivity (Wildman–Crippen MR) is 87.1 cm³/mol. The number of benzene rings is 1. The number of rotatable bonds is 9. The van der Waals surface area contributed by atoms with Gasteiger partial charge in [-0.2, -0.15) is 0 Å². The van der Waals surface area contributed by atoms with Gasteiger partial charge in [0, 0.05) is 38.0 Å². The van der Waals surface area contributed by atoms with E-state index >= 15 is 0 Å². The molecule has 2 amide bonds. The fourth-order valence-corrected chi connectivity index (χ4v) is 2.00. The minimum Gasteiger partial charge on any atom is -0.383 e. The van der Waals surface area contributed by atoms with Crippen LogP contribution < -0.4 is 10.6 Å². The Morgan fingerprint density at radius 3 is 2.59 bits per heavy atom. The smallest absolute Gasteiger partial charge is 0.253 e. The van der Waals surface area contributed by atoms with Crippen molar-refractivity contribution in [1.29, 1.82) is 0 Å². The van der Waals surface area contributed by atoms with Crippen molar-refractivity contribution < 1.29 is 14.3 Å². The molecular weight excluding hydrogens is 282 g/mol. The first-order chi connectivity index (χ1) is 10.6. The van der Waals surface area contributed by atoms with Crippen LogP contribution in [0.1, 0.15) is 24.2 Å². The predicted octanol–water partition coefficient (Wildman–Crippen LogP) is 1.34. The Morgan fingerprint density at radius 1 is 1.23 bits per heavy atom. The summed E-state index contributed by atoms with van der Waals surface area (Å²) in [5, 5.41) is 5.74. The Hall–Kier alpha value is -1.92. The van der Waals surface area contributed by atoms with E-state index in [1.165, 1.54) is 0 Å². The van der Waals surface area contributed by atoms with E-state index in [1.54, 1.807) is 36.3 Å². The highest BCUT2D eigenvalue weighted by Gasteiger charge is 2.13. The zero-order chi connectivity index (χ0) is 16.4. The van der Waals surface area contributed by atoms with E-state index in [4.69, 9.17) is 4.74 Å². The van der Waals surface area contributed by atoms with Gasteiger partial charge in [0.25, 0.3) is 5.91 Å². The van der Waals surface area contributed by atoms with Gasteiger partial charge >= 0.3 is 0 Å². The summed E-state index contributed by atoms with van der Waals surface area (Å²) in [6.45, 7) is 6.59. The second kappa shape index (κ2) is 9.92. The molecule has 0 bridgehead atoms. The number of amides is 2. The normalized spacial score (nSPS) is 10.3. The van der Waals surface area contributed by atoms with Gasteiger partial charge in [-0.05, 0) is 32.0 Å². The van der Waals surface area contributed by atoms with Crippen molar-refractivity contribution in [2.75, 3.05) is 45.2 Å². The third-order valence-corrected chi connectivity index (χ3v) is 3.21. The lowest BCUT2D eigenvalue weighted by molar-refractivity contribution is -0.115. The lowest BCUT2D eigenvalue weighted by Crippen LogP contribution is -2.31. The third kappa shape index (κ3) is 5.83. The molecule has 0 aliphatic heterocycles. The molecular formula is C16H25N3O3. The number of anilines is 1. The maximum Gasteiger partial charge on any atom is 0.253 e. The molecule has 0 atom stereocenters. The summed E-state index contributed by atoms with van der Waals surface area (Å²) < 4.78 is 4.89. The summed E-state index contributed by atoms with van der Waals surface area (Å²) in [6.07, 6.45) is 0. The van der Waals surface area contributed by atoms with E-state index in [9.17, 15) is 9.59 Å². The van der Waals surface area contributed by atoms with Gasteiger partial charge in [0.15, 0.2) is 0 Å². The number of nitrogens with zero attached hydrogens (tertiary/aromatic N) is 1. The van der Waals surface area contributed by atoms with Gasteiger partial charge in [-0.3, -0.25) is 9.59 Å². The molecule has 0 saturated carbocycles. The average Bonchev–Trinajstić information content (AvgIpc) is 2.53. The van der Waals surface area contributed by atoms with E-state index in [2.05, 4.69) is 10.6 Å². The highest BCUT2D eigenvalue weighted by Crippen LogP contribution is 2.12. The van der Waals surface area contributed by atoms with Crippen LogP contribution in [0.5, 0.6) is 0 Å². The summed E-state index contributed by atoms with van der Waals surface area (Å²) in [5.74, 6) is -0.178. The van der Waals surface area contributed by atoms with Gasteiger partial charge in [-0.15, -0.1) is 0 Å². The Bertz CT molecular complexity index is 487. The van der Waals surface area contributed by atoms with Gasteiger partial charge in [-0.1, -0.05) is 6.07 Å². The van der Waals surface area contributed by atoms with Crippen molar-refractivity contribution in [3.8, 4) is 0 Å². The lowest BCUT2D eigenvalue weighted by atomic mass is 10.1. The molecule has 122 valence electrons. The highest BCUT2D eigenvalue weighted by molar-refractivity contribution is 5.97. The zero-order valence-electron chi connectivity index (χ0n) is 13.5. The maximum atomic E-state index is 12.3. The monoisotopic (exact) mass is 307 g/mol. The standard InChI is InChI=1S/C16H25N3O3/c1-4-19(5-2)16(21)13-7-6-8-14(11-13)18-15(20)12-17-9-10-22-3/h6-8,11,17H,4-5,9-10,12H2,1-3H3,(H,18,20). The van der Waals surface area contributed by atoms with Crippen LogP contribution in [0.15, 0.2) is 24.3 Å². The summed E-state index contributed by atoms with van der Waals surface area (Å²) in [5.41, 5.74) is 1.20. The summed E-state index contributed by atoms with van der Waals surface area (Å²) in [7, 11) is 1.61. The zero-order valence-corrected chi connectivity index (χ0v) is 13.5. The topological polar surface area (TPSA) is 70.7 Å². The van der Waals surface area contributed by atoms with Crippen molar-refractivity contribution in [3.63, 3.8) is 0 Å². The molecule has 0 aliphatic rings. The Morgan fingerprint density at radius 2 is 1.95 bits per heavy atom. The summed E-state index contributed by atoms with van der Waals surface area (Å²) >= 11 is 0. The molecule has 1 aromatic rings. The molecule has 0 fully saturated rings. The quantitative estimate of drug-likeness (QED) is 0.676. The van der Waals surface area contributed by atoms with E-state index in [0.29, 0.717) is 37.5 Å². The largest absolute Gasteiger partial charge is 0.383 e. The van der Waals surface area contributed by atoms with Crippen LogP contribution in [0.4, 0.5) is 5.69 Å². The molecule has 6 nitrogen and oxygen atoms in total. The molecule has 1 rings (SSSR count). The Kier molecular flexibility index (Phi) is 8.17. The minimum atomic E-state index is -0.149. The molecule has 6 heteroatoms. The van der Waals surface area contributed by atoms with Crippen molar-refractivity contribution in [2.24, 2.45) is 0 Å². The Labute approximate surface area is 131 Å². The van der Waals surface area contributed by atoms with Crippen LogP contribution in [-0.4, -0.2) is 56.6 Å². The number of carbonyl (C=O) groups is 2. The van der Waals surface area contributed by atoms with Crippen LogP contribution in [0.3, 0.4) is 0 Å².